The summed E-state index contributed by atoms with van der Waals surface area (Å²) in [5, 5.41) is 7.79. The fourth-order valence-corrected chi connectivity index (χ4v) is 1.96. The van der Waals surface area contributed by atoms with Gasteiger partial charge in [0.05, 0.1) is 11.4 Å². The first kappa shape index (κ1) is 13.0. The molecular formula is C12H12ClF2N3. The fraction of sp³-hybridized carbons (Fsp3) is 0.333. The summed E-state index contributed by atoms with van der Waals surface area (Å²) in [6.45, 7) is 2.59. The standard InChI is InChI=1S/C12H12ClF2N3/c1-2-5-18-11(7-13)16-17-12(18)9-6-8(14)3-4-10(9)15/h3-4,6H,2,5,7H2,1H3. The van der Waals surface area contributed by atoms with Crippen LogP contribution >= 0.6 is 11.6 Å². The molecule has 0 aliphatic heterocycles. The molecule has 1 aromatic heterocycles. The number of hydrogen-bond acceptors (Lipinski definition) is 2. The van der Waals surface area contributed by atoms with Crippen molar-refractivity contribution in [1.29, 1.82) is 0 Å². The smallest absolute Gasteiger partial charge is 0.167 e. The highest BCUT2D eigenvalue weighted by Gasteiger charge is 2.16. The van der Waals surface area contributed by atoms with Crippen LogP contribution in [-0.4, -0.2) is 14.8 Å². The van der Waals surface area contributed by atoms with Gasteiger partial charge in [-0.15, -0.1) is 21.8 Å². The molecule has 1 aromatic carbocycles. The molecule has 0 atom stereocenters. The van der Waals surface area contributed by atoms with E-state index in [1.807, 2.05) is 6.92 Å². The van der Waals surface area contributed by atoms with Gasteiger partial charge in [-0.25, -0.2) is 8.78 Å². The van der Waals surface area contributed by atoms with Gasteiger partial charge in [0.2, 0.25) is 0 Å². The lowest BCUT2D eigenvalue weighted by molar-refractivity contribution is 0.597. The van der Waals surface area contributed by atoms with Crippen molar-refractivity contribution in [3.63, 3.8) is 0 Å². The van der Waals surface area contributed by atoms with E-state index in [2.05, 4.69) is 10.2 Å². The van der Waals surface area contributed by atoms with Gasteiger partial charge in [0, 0.05) is 6.54 Å². The molecule has 1 heterocycles. The number of rotatable bonds is 4. The Morgan fingerprint density at radius 3 is 2.72 bits per heavy atom. The van der Waals surface area contributed by atoms with Crippen LogP contribution in [0.4, 0.5) is 8.78 Å². The molecule has 0 unspecified atom stereocenters. The maximum atomic E-state index is 13.7. The third-order valence-electron chi connectivity index (χ3n) is 2.56. The second-order valence-corrected chi connectivity index (χ2v) is 4.12. The van der Waals surface area contributed by atoms with Gasteiger partial charge >= 0.3 is 0 Å². The normalized spacial score (nSPS) is 10.9. The number of halogens is 3. The van der Waals surface area contributed by atoms with E-state index in [0.29, 0.717) is 18.2 Å². The molecule has 0 spiro atoms. The van der Waals surface area contributed by atoms with Gasteiger partial charge < -0.3 is 4.57 Å². The van der Waals surface area contributed by atoms with Crippen molar-refractivity contribution >= 4 is 11.6 Å². The SMILES string of the molecule is CCCn1c(CCl)nnc1-c1cc(F)ccc1F. The monoisotopic (exact) mass is 271 g/mol. The zero-order valence-electron chi connectivity index (χ0n) is 9.83. The van der Waals surface area contributed by atoms with Crippen molar-refractivity contribution in [2.45, 2.75) is 25.8 Å². The summed E-state index contributed by atoms with van der Waals surface area (Å²) in [6, 6.07) is 3.27. The Hall–Kier alpha value is -1.49. The molecule has 0 fully saturated rings. The molecule has 0 bridgehead atoms. The Morgan fingerprint density at radius 2 is 2.06 bits per heavy atom. The van der Waals surface area contributed by atoms with Crippen LogP contribution in [0.25, 0.3) is 11.4 Å². The minimum absolute atomic E-state index is 0.104. The molecule has 2 rings (SSSR count). The van der Waals surface area contributed by atoms with Crippen LogP contribution in [0.15, 0.2) is 18.2 Å². The number of nitrogens with zero attached hydrogens (tertiary/aromatic N) is 3. The van der Waals surface area contributed by atoms with Crippen molar-refractivity contribution < 1.29 is 8.78 Å². The first-order valence-corrected chi connectivity index (χ1v) is 6.14. The zero-order chi connectivity index (χ0) is 13.1. The Labute approximate surface area is 108 Å². The quantitative estimate of drug-likeness (QED) is 0.798. The number of alkyl halides is 1. The highest BCUT2D eigenvalue weighted by Crippen LogP contribution is 2.23. The van der Waals surface area contributed by atoms with Gasteiger partial charge in [-0.2, -0.15) is 0 Å². The molecule has 96 valence electrons. The van der Waals surface area contributed by atoms with E-state index >= 15 is 0 Å². The van der Waals surface area contributed by atoms with Crippen LogP contribution in [0.5, 0.6) is 0 Å². The van der Waals surface area contributed by atoms with Crippen LogP contribution in [0, 0.1) is 11.6 Å². The van der Waals surface area contributed by atoms with Crippen LogP contribution < -0.4 is 0 Å². The molecule has 6 heteroatoms. The minimum Gasteiger partial charge on any atom is -0.310 e. The lowest BCUT2D eigenvalue weighted by atomic mass is 10.2. The van der Waals surface area contributed by atoms with Gasteiger partial charge in [0.25, 0.3) is 0 Å². The summed E-state index contributed by atoms with van der Waals surface area (Å²) in [5.41, 5.74) is 0.104. The van der Waals surface area contributed by atoms with Crippen molar-refractivity contribution in [3.05, 3.63) is 35.7 Å². The van der Waals surface area contributed by atoms with E-state index in [1.165, 1.54) is 0 Å². The molecule has 3 nitrogen and oxygen atoms in total. The first-order valence-electron chi connectivity index (χ1n) is 5.60. The lowest BCUT2D eigenvalue weighted by Gasteiger charge is -2.08. The Kier molecular flexibility index (Phi) is 3.91. The summed E-state index contributed by atoms with van der Waals surface area (Å²) in [6.07, 6.45) is 0.825. The van der Waals surface area contributed by atoms with Gasteiger partial charge in [-0.3, -0.25) is 0 Å². The molecule has 0 saturated heterocycles. The van der Waals surface area contributed by atoms with Gasteiger partial charge in [-0.1, -0.05) is 6.92 Å². The molecular weight excluding hydrogens is 260 g/mol. The summed E-state index contributed by atoms with van der Waals surface area (Å²) >= 11 is 5.75. The molecule has 0 N–H and O–H groups in total. The van der Waals surface area contributed by atoms with Gasteiger partial charge in [0.1, 0.15) is 17.5 Å². The average Bonchev–Trinajstić information content (AvgIpc) is 2.76. The van der Waals surface area contributed by atoms with E-state index in [-0.39, 0.29) is 11.4 Å². The van der Waals surface area contributed by atoms with E-state index in [4.69, 9.17) is 11.6 Å². The van der Waals surface area contributed by atoms with Crippen LogP contribution in [0.2, 0.25) is 0 Å². The molecule has 0 aliphatic carbocycles. The summed E-state index contributed by atoms with van der Waals surface area (Å²) in [7, 11) is 0. The second-order valence-electron chi connectivity index (χ2n) is 3.85. The van der Waals surface area contributed by atoms with Crippen molar-refractivity contribution in [3.8, 4) is 11.4 Å². The maximum Gasteiger partial charge on any atom is 0.167 e. The van der Waals surface area contributed by atoms with Crippen molar-refractivity contribution in [2.24, 2.45) is 0 Å². The second kappa shape index (κ2) is 5.44. The fourth-order valence-electron chi connectivity index (χ4n) is 1.76. The number of hydrogen-bond donors (Lipinski definition) is 0. The summed E-state index contributed by atoms with van der Waals surface area (Å²) in [5.74, 6) is 0.0121. The maximum absolute atomic E-state index is 13.7. The number of benzene rings is 1. The third kappa shape index (κ3) is 2.36. The largest absolute Gasteiger partial charge is 0.310 e. The van der Waals surface area contributed by atoms with E-state index in [9.17, 15) is 8.78 Å². The van der Waals surface area contributed by atoms with E-state index in [0.717, 1.165) is 24.6 Å². The summed E-state index contributed by atoms with van der Waals surface area (Å²) < 4.78 is 28.6. The van der Waals surface area contributed by atoms with E-state index < -0.39 is 11.6 Å². The van der Waals surface area contributed by atoms with Crippen LogP contribution in [0.1, 0.15) is 19.2 Å². The molecule has 0 radical (unpaired) electrons. The van der Waals surface area contributed by atoms with Crippen molar-refractivity contribution in [2.75, 3.05) is 0 Å². The predicted octanol–water partition coefficient (Wildman–Crippen LogP) is 3.37. The summed E-state index contributed by atoms with van der Waals surface area (Å²) in [4.78, 5) is 0. The highest BCUT2D eigenvalue weighted by molar-refractivity contribution is 6.16. The van der Waals surface area contributed by atoms with Crippen molar-refractivity contribution in [1.82, 2.24) is 14.8 Å². The highest BCUT2D eigenvalue weighted by atomic mass is 35.5. The molecule has 2 aromatic rings. The van der Waals surface area contributed by atoms with E-state index in [1.54, 1.807) is 4.57 Å². The molecule has 18 heavy (non-hydrogen) atoms. The molecule has 0 saturated carbocycles. The van der Waals surface area contributed by atoms with Crippen LogP contribution in [-0.2, 0) is 12.4 Å². The predicted molar refractivity (Wildman–Crippen MR) is 65.2 cm³/mol. The lowest BCUT2D eigenvalue weighted by Crippen LogP contribution is -2.05. The van der Waals surface area contributed by atoms with Gasteiger partial charge in [0.15, 0.2) is 5.82 Å². The topological polar surface area (TPSA) is 30.7 Å². The number of aromatic nitrogens is 3. The molecule has 0 amide bonds. The van der Waals surface area contributed by atoms with Crippen LogP contribution in [0.3, 0.4) is 0 Å². The third-order valence-corrected chi connectivity index (χ3v) is 2.80. The molecule has 0 aliphatic rings. The van der Waals surface area contributed by atoms with Gasteiger partial charge in [-0.05, 0) is 24.6 Å². The Morgan fingerprint density at radius 1 is 1.28 bits per heavy atom. The zero-order valence-corrected chi connectivity index (χ0v) is 10.6. The average molecular weight is 272 g/mol. The first-order chi connectivity index (χ1) is 8.67. The Bertz CT molecular complexity index is 554. The minimum atomic E-state index is -0.526. The Balaban J connectivity index is 2.56.